The van der Waals surface area contributed by atoms with E-state index in [-0.39, 0.29) is 35.1 Å². The molecular weight excluding hydrogens is 445 g/mol. The largest absolute Gasteiger partial charge is 1.00 e. The molecule has 1 aromatic heterocycles. The van der Waals surface area contributed by atoms with Crippen molar-refractivity contribution in [1.82, 2.24) is 0 Å². The summed E-state index contributed by atoms with van der Waals surface area (Å²) in [6.07, 6.45) is 3.62. The topological polar surface area (TPSA) is 20.9 Å². The van der Waals surface area contributed by atoms with Crippen molar-refractivity contribution < 1.29 is 30.7 Å². The molecule has 0 saturated carbocycles. The van der Waals surface area contributed by atoms with Gasteiger partial charge in [-0.05, 0) is 62.2 Å². The summed E-state index contributed by atoms with van der Waals surface area (Å²) in [7, 11) is 0. The van der Waals surface area contributed by atoms with Gasteiger partial charge in [-0.25, -0.2) is 4.39 Å². The predicted octanol–water partition coefficient (Wildman–Crippen LogP) is 0.525. The molecule has 1 heterocycles. The molecule has 0 unspecified atom stereocenters. The molecule has 0 aliphatic rings. The standard InChI is InChI=1S/C13H9Br2FNO.BrH/c14-10-5-11(15)7-17(6-10)8-13(18)9-1-3-12(16)4-2-9;/h1-7H,8H2;1H/q+1;/p-1. The monoisotopic (exact) mass is 451 g/mol. The van der Waals surface area contributed by atoms with Gasteiger partial charge in [-0.3, -0.25) is 4.79 Å². The molecule has 0 radical (unpaired) electrons. The molecule has 6 heteroatoms. The number of nitrogens with zero attached hydrogens (tertiary/aromatic N) is 1. The Morgan fingerprint density at radius 1 is 1.11 bits per heavy atom. The number of halogens is 4. The first-order valence-electron chi connectivity index (χ1n) is 5.18. The maximum Gasteiger partial charge on any atom is 0.227 e. The number of carbonyl (C=O) groups excluding carboxylic acids is 1. The normalized spacial score (nSPS) is 9.84. The molecule has 0 aliphatic heterocycles. The van der Waals surface area contributed by atoms with Gasteiger partial charge in [0.1, 0.15) is 5.82 Å². The Bertz CT molecular complexity index is 567. The van der Waals surface area contributed by atoms with Crippen molar-refractivity contribution in [3.63, 3.8) is 0 Å². The minimum Gasteiger partial charge on any atom is -1.00 e. The van der Waals surface area contributed by atoms with Crippen molar-refractivity contribution in [2.75, 3.05) is 0 Å². The summed E-state index contributed by atoms with van der Waals surface area (Å²) in [5.41, 5.74) is 0.500. The molecule has 100 valence electrons. The van der Waals surface area contributed by atoms with Crippen molar-refractivity contribution in [2.24, 2.45) is 0 Å². The van der Waals surface area contributed by atoms with Crippen LogP contribution in [0, 0.1) is 5.82 Å². The van der Waals surface area contributed by atoms with Crippen LogP contribution in [-0.4, -0.2) is 5.78 Å². The summed E-state index contributed by atoms with van der Waals surface area (Å²) in [4.78, 5) is 12.0. The Balaban J connectivity index is 0.00000180. The molecule has 0 fully saturated rings. The van der Waals surface area contributed by atoms with E-state index < -0.39 is 0 Å². The molecule has 0 aliphatic carbocycles. The minimum absolute atomic E-state index is 0. The molecule has 0 atom stereocenters. The lowest BCUT2D eigenvalue weighted by atomic mass is 10.1. The quantitative estimate of drug-likeness (QED) is 0.490. The molecular formula is C13H9Br3FNO. The summed E-state index contributed by atoms with van der Waals surface area (Å²) < 4.78 is 16.3. The molecule has 0 N–H and O–H groups in total. The SMILES string of the molecule is O=C(C[n+]1cc(Br)cc(Br)c1)c1ccc(F)cc1.[Br-]. The van der Waals surface area contributed by atoms with E-state index in [1.54, 1.807) is 4.57 Å². The van der Waals surface area contributed by atoms with Crippen molar-refractivity contribution in [3.05, 3.63) is 63.1 Å². The van der Waals surface area contributed by atoms with Crippen LogP contribution in [0.1, 0.15) is 10.4 Å². The Morgan fingerprint density at radius 3 is 2.16 bits per heavy atom. The lowest BCUT2D eigenvalue weighted by molar-refractivity contribution is -0.684. The predicted molar refractivity (Wildman–Crippen MR) is 72.8 cm³/mol. The number of pyridine rings is 1. The Morgan fingerprint density at radius 2 is 1.63 bits per heavy atom. The highest BCUT2D eigenvalue weighted by Gasteiger charge is 2.13. The van der Waals surface area contributed by atoms with Crippen LogP contribution in [0.25, 0.3) is 0 Å². The highest BCUT2D eigenvalue weighted by molar-refractivity contribution is 9.11. The third-order valence-corrected chi connectivity index (χ3v) is 3.21. The number of hydrogen-bond acceptors (Lipinski definition) is 1. The van der Waals surface area contributed by atoms with Gasteiger partial charge in [0.2, 0.25) is 12.3 Å². The summed E-state index contributed by atoms with van der Waals surface area (Å²) in [6.45, 7) is 0.212. The van der Waals surface area contributed by atoms with Gasteiger partial charge in [-0.1, -0.05) is 0 Å². The van der Waals surface area contributed by atoms with Gasteiger partial charge in [0.25, 0.3) is 0 Å². The Hall–Kier alpha value is -0.590. The Kier molecular flexibility index (Phi) is 6.29. The van der Waals surface area contributed by atoms with E-state index in [0.717, 1.165) is 8.95 Å². The first kappa shape index (κ1) is 16.5. The van der Waals surface area contributed by atoms with Crippen LogP contribution >= 0.6 is 31.9 Å². The van der Waals surface area contributed by atoms with Gasteiger partial charge in [0.15, 0.2) is 12.4 Å². The molecule has 0 saturated heterocycles. The summed E-state index contributed by atoms with van der Waals surface area (Å²) in [5, 5.41) is 0. The van der Waals surface area contributed by atoms with Gasteiger partial charge in [-0.2, -0.15) is 4.57 Å². The van der Waals surface area contributed by atoms with Crippen LogP contribution < -0.4 is 21.5 Å². The molecule has 1 aromatic carbocycles. The van der Waals surface area contributed by atoms with Crippen molar-refractivity contribution in [2.45, 2.75) is 6.54 Å². The fourth-order valence-corrected chi connectivity index (χ4v) is 2.87. The van der Waals surface area contributed by atoms with Gasteiger partial charge < -0.3 is 17.0 Å². The Labute approximate surface area is 137 Å². The van der Waals surface area contributed by atoms with E-state index in [9.17, 15) is 9.18 Å². The van der Waals surface area contributed by atoms with E-state index in [4.69, 9.17) is 0 Å². The lowest BCUT2D eigenvalue weighted by Crippen LogP contribution is -3.00. The second-order valence-corrected chi connectivity index (χ2v) is 5.61. The molecule has 2 rings (SSSR count). The van der Waals surface area contributed by atoms with Gasteiger partial charge in [0.05, 0.1) is 8.95 Å². The third-order valence-electron chi connectivity index (χ3n) is 2.35. The van der Waals surface area contributed by atoms with Crippen molar-refractivity contribution in [1.29, 1.82) is 0 Å². The highest BCUT2D eigenvalue weighted by atomic mass is 79.9. The zero-order valence-electron chi connectivity index (χ0n) is 9.62. The number of ketones is 1. The fraction of sp³-hybridized carbons (Fsp3) is 0.0769. The second kappa shape index (κ2) is 7.26. The van der Waals surface area contributed by atoms with Crippen LogP contribution in [0.5, 0.6) is 0 Å². The molecule has 0 bridgehead atoms. The number of Topliss-reactive ketones (excluding diaryl/α,β-unsaturated/α-hetero) is 1. The first-order valence-corrected chi connectivity index (χ1v) is 6.77. The van der Waals surface area contributed by atoms with Crippen molar-refractivity contribution >= 4 is 37.6 Å². The fourth-order valence-electron chi connectivity index (χ4n) is 1.54. The van der Waals surface area contributed by atoms with E-state index in [2.05, 4.69) is 31.9 Å². The number of benzene rings is 1. The molecule has 19 heavy (non-hydrogen) atoms. The van der Waals surface area contributed by atoms with Crippen LogP contribution in [-0.2, 0) is 6.54 Å². The summed E-state index contributed by atoms with van der Waals surface area (Å²) in [5.74, 6) is -0.408. The third kappa shape index (κ3) is 4.78. The molecule has 2 nitrogen and oxygen atoms in total. The number of hydrogen-bond donors (Lipinski definition) is 0. The van der Waals surface area contributed by atoms with Crippen LogP contribution in [0.2, 0.25) is 0 Å². The van der Waals surface area contributed by atoms with Crippen LogP contribution in [0.3, 0.4) is 0 Å². The van der Waals surface area contributed by atoms with Crippen LogP contribution in [0.15, 0.2) is 51.7 Å². The average Bonchev–Trinajstić information content (AvgIpc) is 2.28. The van der Waals surface area contributed by atoms with E-state index in [1.807, 2.05) is 18.5 Å². The van der Waals surface area contributed by atoms with Gasteiger partial charge in [0, 0.05) is 5.56 Å². The maximum absolute atomic E-state index is 12.8. The van der Waals surface area contributed by atoms with E-state index in [1.165, 1.54) is 24.3 Å². The highest BCUT2D eigenvalue weighted by Crippen LogP contribution is 2.13. The summed E-state index contributed by atoms with van der Waals surface area (Å²) >= 11 is 6.71. The molecule has 0 spiro atoms. The number of carbonyl (C=O) groups is 1. The van der Waals surface area contributed by atoms with Gasteiger partial charge >= 0.3 is 0 Å². The zero-order chi connectivity index (χ0) is 13.1. The first-order chi connectivity index (χ1) is 8.54. The molecule has 2 aromatic rings. The number of aromatic nitrogens is 1. The molecule has 0 amide bonds. The maximum atomic E-state index is 12.8. The second-order valence-electron chi connectivity index (χ2n) is 3.77. The number of rotatable bonds is 3. The van der Waals surface area contributed by atoms with E-state index in [0.29, 0.717) is 5.56 Å². The van der Waals surface area contributed by atoms with E-state index >= 15 is 0 Å². The van der Waals surface area contributed by atoms with Crippen molar-refractivity contribution in [3.8, 4) is 0 Å². The lowest BCUT2D eigenvalue weighted by Gasteiger charge is -1.99. The average molecular weight is 454 g/mol. The smallest absolute Gasteiger partial charge is 0.227 e. The minimum atomic E-state index is -0.343. The zero-order valence-corrected chi connectivity index (χ0v) is 14.4. The van der Waals surface area contributed by atoms with Gasteiger partial charge in [-0.15, -0.1) is 0 Å². The summed E-state index contributed by atoms with van der Waals surface area (Å²) in [6, 6.07) is 7.44. The van der Waals surface area contributed by atoms with Crippen LogP contribution in [0.4, 0.5) is 4.39 Å².